The lowest BCUT2D eigenvalue weighted by Gasteiger charge is -2.34. The van der Waals surface area contributed by atoms with E-state index in [4.69, 9.17) is 9.26 Å². The van der Waals surface area contributed by atoms with Crippen LogP contribution in [0.1, 0.15) is 63.7 Å². The van der Waals surface area contributed by atoms with Crippen molar-refractivity contribution in [2.75, 3.05) is 30.9 Å². The van der Waals surface area contributed by atoms with E-state index in [0.29, 0.717) is 35.0 Å². The van der Waals surface area contributed by atoms with Gasteiger partial charge in [0.15, 0.2) is 9.84 Å². The molecular formula is C23H33N3O4S. The summed E-state index contributed by atoms with van der Waals surface area (Å²) in [5.74, 6) is 3.98. The highest BCUT2D eigenvalue weighted by Gasteiger charge is 2.28. The maximum atomic E-state index is 11.5. The number of piperidine rings is 1. The van der Waals surface area contributed by atoms with E-state index in [1.165, 1.54) is 31.9 Å². The molecule has 1 atom stereocenters. The average molecular weight is 448 g/mol. The van der Waals surface area contributed by atoms with Crippen LogP contribution < -0.4 is 9.64 Å². The molecule has 0 unspecified atom stereocenters. The maximum Gasteiger partial charge on any atom is 0.266 e. The van der Waals surface area contributed by atoms with Crippen LogP contribution in [-0.4, -0.2) is 44.5 Å². The molecule has 8 heteroatoms. The number of anilines is 1. The molecule has 1 aliphatic carbocycles. The highest BCUT2D eigenvalue weighted by molar-refractivity contribution is 7.90. The second kappa shape index (κ2) is 9.59. The van der Waals surface area contributed by atoms with Gasteiger partial charge in [0.1, 0.15) is 5.75 Å². The Hall–Kier alpha value is -2.09. The van der Waals surface area contributed by atoms with E-state index in [1.54, 1.807) is 24.3 Å². The SMILES string of the molecule is C[C@H](CCOc1ccc(S(C)(=O)=O)cc1)C1CCN(c2noc(C3CCCC3)n2)CC1. The van der Waals surface area contributed by atoms with Gasteiger partial charge in [0, 0.05) is 25.3 Å². The van der Waals surface area contributed by atoms with Crippen molar-refractivity contribution in [3.63, 3.8) is 0 Å². The van der Waals surface area contributed by atoms with E-state index in [1.807, 2.05) is 0 Å². The molecule has 0 radical (unpaired) electrons. The summed E-state index contributed by atoms with van der Waals surface area (Å²) in [5, 5.41) is 4.24. The Morgan fingerprint density at radius 1 is 1.13 bits per heavy atom. The fourth-order valence-electron chi connectivity index (χ4n) is 4.74. The molecule has 1 aliphatic heterocycles. The molecule has 4 rings (SSSR count). The zero-order valence-corrected chi connectivity index (χ0v) is 19.3. The first-order chi connectivity index (χ1) is 14.9. The predicted molar refractivity (Wildman–Crippen MR) is 119 cm³/mol. The highest BCUT2D eigenvalue weighted by Crippen LogP contribution is 2.34. The fourth-order valence-corrected chi connectivity index (χ4v) is 5.37. The largest absolute Gasteiger partial charge is 0.494 e. The van der Waals surface area contributed by atoms with Gasteiger partial charge in [0.2, 0.25) is 5.89 Å². The molecule has 2 aromatic rings. The van der Waals surface area contributed by atoms with Crippen molar-refractivity contribution in [1.29, 1.82) is 0 Å². The molecule has 0 amide bonds. The summed E-state index contributed by atoms with van der Waals surface area (Å²) in [6.07, 6.45) is 9.31. The van der Waals surface area contributed by atoms with Crippen LogP contribution in [0, 0.1) is 11.8 Å². The minimum absolute atomic E-state index is 0.317. The van der Waals surface area contributed by atoms with Gasteiger partial charge in [-0.2, -0.15) is 4.98 Å². The number of sulfone groups is 1. The Balaban J connectivity index is 1.20. The number of ether oxygens (including phenoxy) is 1. The van der Waals surface area contributed by atoms with Crippen LogP contribution in [-0.2, 0) is 9.84 Å². The van der Waals surface area contributed by atoms with E-state index >= 15 is 0 Å². The summed E-state index contributed by atoms with van der Waals surface area (Å²) in [7, 11) is -3.17. The molecule has 0 N–H and O–H groups in total. The molecule has 1 aromatic heterocycles. The molecule has 7 nitrogen and oxygen atoms in total. The summed E-state index contributed by atoms with van der Waals surface area (Å²) >= 11 is 0. The van der Waals surface area contributed by atoms with Crippen LogP contribution in [0.2, 0.25) is 0 Å². The first kappa shape index (κ1) is 22.1. The molecule has 0 bridgehead atoms. The summed E-state index contributed by atoms with van der Waals surface area (Å²) in [4.78, 5) is 7.25. The maximum absolute atomic E-state index is 11.5. The second-order valence-electron chi connectivity index (χ2n) is 9.10. The van der Waals surface area contributed by atoms with E-state index < -0.39 is 9.84 Å². The second-order valence-corrected chi connectivity index (χ2v) is 11.1. The van der Waals surface area contributed by atoms with Gasteiger partial charge in [0.05, 0.1) is 11.5 Å². The van der Waals surface area contributed by atoms with Crippen LogP contribution in [0.3, 0.4) is 0 Å². The smallest absolute Gasteiger partial charge is 0.266 e. The Kier molecular flexibility index (Phi) is 6.84. The van der Waals surface area contributed by atoms with Gasteiger partial charge in [-0.3, -0.25) is 0 Å². The van der Waals surface area contributed by atoms with Crippen LogP contribution in [0.5, 0.6) is 5.75 Å². The Morgan fingerprint density at radius 3 is 2.45 bits per heavy atom. The third-order valence-electron chi connectivity index (χ3n) is 6.86. The monoisotopic (exact) mass is 447 g/mol. The van der Waals surface area contributed by atoms with Crippen LogP contribution in [0.15, 0.2) is 33.7 Å². The van der Waals surface area contributed by atoms with Gasteiger partial charge in [-0.05, 0) is 73.4 Å². The molecule has 1 aromatic carbocycles. The normalized spacial score (nSPS) is 19.6. The minimum Gasteiger partial charge on any atom is -0.494 e. The third kappa shape index (κ3) is 5.59. The number of hydrogen-bond acceptors (Lipinski definition) is 7. The van der Waals surface area contributed by atoms with Crippen molar-refractivity contribution < 1.29 is 17.7 Å². The third-order valence-corrected chi connectivity index (χ3v) is 7.98. The summed E-state index contributed by atoms with van der Waals surface area (Å²) in [6, 6.07) is 6.65. The molecule has 1 saturated carbocycles. The van der Waals surface area contributed by atoms with E-state index in [2.05, 4.69) is 22.0 Å². The zero-order valence-electron chi connectivity index (χ0n) is 18.5. The first-order valence-electron chi connectivity index (χ1n) is 11.4. The van der Waals surface area contributed by atoms with E-state index in [0.717, 1.165) is 44.2 Å². The zero-order chi connectivity index (χ0) is 21.8. The lowest BCUT2D eigenvalue weighted by Crippen LogP contribution is -2.36. The average Bonchev–Trinajstić information content (AvgIpc) is 3.45. The number of rotatable bonds is 8. The minimum atomic E-state index is -3.17. The number of benzene rings is 1. The fraction of sp³-hybridized carbons (Fsp3) is 0.652. The molecule has 2 fully saturated rings. The predicted octanol–water partition coefficient (Wildman–Crippen LogP) is 4.45. The first-order valence-corrected chi connectivity index (χ1v) is 13.3. The molecule has 2 heterocycles. The van der Waals surface area contributed by atoms with Gasteiger partial charge >= 0.3 is 0 Å². The summed E-state index contributed by atoms with van der Waals surface area (Å²) in [5.41, 5.74) is 0. The Bertz CT molecular complexity index is 943. The standard InChI is InChI=1S/C23H33N3O4S/c1-17(13-16-29-20-7-9-21(10-8-20)31(2,27)28)18-11-14-26(15-12-18)23-24-22(30-25-23)19-5-3-4-6-19/h7-10,17-19H,3-6,11-16H2,1-2H3/t17-/m1/s1. The molecule has 0 spiro atoms. The van der Waals surface area contributed by atoms with E-state index in [9.17, 15) is 8.42 Å². The quantitative estimate of drug-likeness (QED) is 0.591. The lowest BCUT2D eigenvalue weighted by molar-refractivity contribution is 0.222. The molecule has 170 valence electrons. The van der Waals surface area contributed by atoms with E-state index in [-0.39, 0.29) is 0 Å². The number of hydrogen-bond donors (Lipinski definition) is 0. The summed E-state index contributed by atoms with van der Waals surface area (Å²) < 4.78 is 34.5. The van der Waals surface area contributed by atoms with Crippen molar-refractivity contribution in [3.8, 4) is 5.75 Å². The lowest BCUT2D eigenvalue weighted by atomic mass is 9.84. The molecule has 1 saturated heterocycles. The molecule has 2 aliphatic rings. The molecule has 31 heavy (non-hydrogen) atoms. The van der Waals surface area contributed by atoms with Crippen molar-refractivity contribution in [2.24, 2.45) is 11.8 Å². The highest BCUT2D eigenvalue weighted by atomic mass is 32.2. The van der Waals surface area contributed by atoms with Gasteiger partial charge in [0.25, 0.3) is 5.95 Å². The topological polar surface area (TPSA) is 85.5 Å². The van der Waals surface area contributed by atoms with Crippen molar-refractivity contribution in [2.45, 2.75) is 62.7 Å². The van der Waals surface area contributed by atoms with Crippen LogP contribution in [0.4, 0.5) is 5.95 Å². The van der Waals surface area contributed by atoms with Crippen LogP contribution in [0.25, 0.3) is 0 Å². The summed E-state index contributed by atoms with van der Waals surface area (Å²) in [6.45, 7) is 4.86. The van der Waals surface area contributed by atoms with Gasteiger partial charge in [-0.15, -0.1) is 0 Å². The van der Waals surface area contributed by atoms with Crippen molar-refractivity contribution >= 4 is 15.8 Å². The Labute approximate surface area is 185 Å². The number of aromatic nitrogens is 2. The Morgan fingerprint density at radius 2 is 1.81 bits per heavy atom. The van der Waals surface area contributed by atoms with Gasteiger partial charge < -0.3 is 14.2 Å². The van der Waals surface area contributed by atoms with Crippen molar-refractivity contribution in [1.82, 2.24) is 10.1 Å². The number of nitrogens with zero attached hydrogens (tertiary/aromatic N) is 3. The van der Waals surface area contributed by atoms with Crippen molar-refractivity contribution in [3.05, 3.63) is 30.2 Å². The van der Waals surface area contributed by atoms with Gasteiger partial charge in [-0.25, -0.2) is 8.42 Å². The van der Waals surface area contributed by atoms with Crippen LogP contribution >= 0.6 is 0 Å². The molecular weight excluding hydrogens is 414 g/mol. The van der Waals surface area contributed by atoms with Gasteiger partial charge in [-0.1, -0.05) is 19.8 Å².